The highest BCUT2D eigenvalue weighted by Crippen LogP contribution is 2.19. The molecule has 2 heterocycles. The lowest BCUT2D eigenvalue weighted by Crippen LogP contribution is -2.51. The molecule has 1 aromatic rings. The van der Waals surface area contributed by atoms with Crippen LogP contribution in [-0.2, 0) is 4.79 Å². The molecule has 1 saturated carbocycles. The maximum absolute atomic E-state index is 11.9. The molecule has 8 heteroatoms. The first-order chi connectivity index (χ1) is 13.1. The monoisotopic (exact) mass is 500 g/mol. The Morgan fingerprint density at radius 2 is 1.79 bits per heavy atom. The zero-order valence-corrected chi connectivity index (χ0v) is 19.3. The molecular formula is C20H33IN6O. The normalized spacial score (nSPS) is 18.5. The van der Waals surface area contributed by atoms with E-state index >= 15 is 0 Å². The van der Waals surface area contributed by atoms with Crippen molar-refractivity contribution in [2.45, 2.75) is 50.6 Å². The van der Waals surface area contributed by atoms with Gasteiger partial charge in [-0.3, -0.25) is 4.79 Å². The fourth-order valence-corrected chi connectivity index (χ4v) is 3.67. The van der Waals surface area contributed by atoms with Crippen LogP contribution in [0.4, 0.5) is 5.82 Å². The number of aromatic nitrogens is 1. The van der Waals surface area contributed by atoms with Crippen LogP contribution < -0.4 is 15.5 Å². The summed E-state index contributed by atoms with van der Waals surface area (Å²) in [5.41, 5.74) is 0. The van der Waals surface area contributed by atoms with Gasteiger partial charge in [0.15, 0.2) is 5.96 Å². The van der Waals surface area contributed by atoms with Gasteiger partial charge in [0, 0.05) is 45.5 Å². The van der Waals surface area contributed by atoms with Gasteiger partial charge in [-0.2, -0.15) is 0 Å². The van der Waals surface area contributed by atoms with Crippen LogP contribution in [0.25, 0.3) is 0 Å². The molecule has 0 spiro atoms. The number of nitrogens with one attached hydrogen (secondary N) is 2. The van der Waals surface area contributed by atoms with Gasteiger partial charge in [-0.25, -0.2) is 9.98 Å². The van der Waals surface area contributed by atoms with Crippen molar-refractivity contribution in [3.05, 3.63) is 24.4 Å². The van der Waals surface area contributed by atoms with E-state index in [4.69, 9.17) is 0 Å². The summed E-state index contributed by atoms with van der Waals surface area (Å²) >= 11 is 0. The maximum Gasteiger partial charge on any atom is 0.243 e. The molecule has 0 aromatic carbocycles. The van der Waals surface area contributed by atoms with Gasteiger partial charge in [0.1, 0.15) is 12.4 Å². The highest BCUT2D eigenvalue weighted by atomic mass is 127. The number of nitrogens with zero attached hydrogens (tertiary/aromatic N) is 4. The second kappa shape index (κ2) is 11.4. The van der Waals surface area contributed by atoms with E-state index in [1.165, 1.54) is 25.7 Å². The minimum Gasteiger partial charge on any atom is -0.356 e. The summed E-state index contributed by atoms with van der Waals surface area (Å²) in [7, 11) is 3.53. The van der Waals surface area contributed by atoms with Gasteiger partial charge in [-0.05, 0) is 37.8 Å². The lowest BCUT2D eigenvalue weighted by atomic mass is 10.1. The number of amides is 1. The number of anilines is 1. The molecule has 28 heavy (non-hydrogen) atoms. The quantitative estimate of drug-likeness (QED) is 0.369. The molecule has 1 aliphatic carbocycles. The lowest BCUT2D eigenvalue weighted by Gasteiger charge is -2.34. The number of pyridine rings is 1. The van der Waals surface area contributed by atoms with Crippen LogP contribution in [0.2, 0.25) is 0 Å². The molecule has 0 radical (unpaired) electrons. The Morgan fingerprint density at radius 1 is 1.14 bits per heavy atom. The Bertz CT molecular complexity index is 625. The van der Waals surface area contributed by atoms with Crippen LogP contribution in [0.1, 0.15) is 38.5 Å². The van der Waals surface area contributed by atoms with Crippen molar-refractivity contribution in [1.29, 1.82) is 0 Å². The lowest BCUT2D eigenvalue weighted by molar-refractivity contribution is -0.127. The smallest absolute Gasteiger partial charge is 0.243 e. The van der Waals surface area contributed by atoms with Crippen LogP contribution in [0.5, 0.6) is 0 Å². The summed E-state index contributed by atoms with van der Waals surface area (Å²) in [5, 5.41) is 7.11. The highest BCUT2D eigenvalue weighted by molar-refractivity contribution is 14.0. The van der Waals surface area contributed by atoms with Gasteiger partial charge in [-0.15, -0.1) is 24.0 Å². The minimum absolute atomic E-state index is 0. The number of hydrogen-bond acceptors (Lipinski definition) is 4. The summed E-state index contributed by atoms with van der Waals surface area (Å²) in [6.07, 6.45) is 8.81. The van der Waals surface area contributed by atoms with Crippen LogP contribution in [0.15, 0.2) is 29.4 Å². The Balaban J connectivity index is 0.00000280. The van der Waals surface area contributed by atoms with E-state index < -0.39 is 0 Å². The van der Waals surface area contributed by atoms with Gasteiger partial charge in [0.2, 0.25) is 5.91 Å². The zero-order valence-electron chi connectivity index (χ0n) is 16.9. The topological polar surface area (TPSA) is 72.9 Å². The van der Waals surface area contributed by atoms with Crippen molar-refractivity contribution in [2.75, 3.05) is 38.6 Å². The number of likely N-dealkylation sites (N-methyl/N-ethyl adjacent to an activating group) is 1. The highest BCUT2D eigenvalue weighted by Gasteiger charge is 2.23. The van der Waals surface area contributed by atoms with Crippen molar-refractivity contribution >= 4 is 41.7 Å². The van der Waals surface area contributed by atoms with Crippen LogP contribution in [0.3, 0.4) is 0 Å². The first kappa shape index (κ1) is 22.7. The third kappa shape index (κ3) is 6.79. The molecule has 1 aliphatic heterocycles. The maximum atomic E-state index is 11.9. The number of carbonyl (C=O) groups excluding carboxylic acids is 1. The molecule has 0 unspecified atom stereocenters. The first-order valence-corrected chi connectivity index (χ1v) is 10.1. The standard InChI is InChI=1S/C20H32N6O.HI/c1-25(2)19(27)15-22-20(23-16-7-3-4-8-16)24-17-10-13-26(14-11-17)18-9-5-6-12-21-18;/h5-6,9,12,16-17H,3-4,7-8,10-11,13-15H2,1-2H3,(H2,22,23,24);1H. The average molecular weight is 500 g/mol. The molecule has 1 aromatic heterocycles. The van der Waals surface area contributed by atoms with Crippen LogP contribution in [0, 0.1) is 0 Å². The number of halogens is 1. The zero-order chi connectivity index (χ0) is 19.1. The Morgan fingerprint density at radius 3 is 2.36 bits per heavy atom. The summed E-state index contributed by atoms with van der Waals surface area (Å²) in [6, 6.07) is 6.89. The molecule has 7 nitrogen and oxygen atoms in total. The van der Waals surface area contributed by atoms with Crippen LogP contribution >= 0.6 is 24.0 Å². The number of aliphatic imine (C=N–C) groups is 1. The molecule has 0 bridgehead atoms. The Kier molecular flexibility index (Phi) is 9.27. The van der Waals surface area contributed by atoms with Crippen molar-refractivity contribution in [3.8, 4) is 0 Å². The number of rotatable bonds is 5. The molecule has 2 fully saturated rings. The second-order valence-electron chi connectivity index (χ2n) is 7.67. The van der Waals surface area contributed by atoms with E-state index in [9.17, 15) is 4.79 Å². The van der Waals surface area contributed by atoms with E-state index in [2.05, 4.69) is 31.6 Å². The summed E-state index contributed by atoms with van der Waals surface area (Å²) in [5.74, 6) is 1.85. The van der Waals surface area contributed by atoms with Gasteiger partial charge in [0.25, 0.3) is 0 Å². The van der Waals surface area contributed by atoms with Crippen molar-refractivity contribution in [3.63, 3.8) is 0 Å². The molecule has 2 N–H and O–H groups in total. The third-order valence-electron chi connectivity index (χ3n) is 5.38. The minimum atomic E-state index is 0. The van der Waals surface area contributed by atoms with Gasteiger partial charge in [0.05, 0.1) is 0 Å². The second-order valence-corrected chi connectivity index (χ2v) is 7.67. The fourth-order valence-electron chi connectivity index (χ4n) is 3.67. The predicted molar refractivity (Wildman–Crippen MR) is 124 cm³/mol. The molecule has 1 amide bonds. The molecule has 1 saturated heterocycles. The van der Waals surface area contributed by atoms with E-state index in [0.29, 0.717) is 12.1 Å². The third-order valence-corrected chi connectivity index (χ3v) is 5.38. The largest absolute Gasteiger partial charge is 0.356 e. The SMILES string of the molecule is CN(C)C(=O)CN=C(NC1CCCC1)NC1CCN(c2ccccn2)CC1.I. The molecule has 2 aliphatic rings. The molecule has 156 valence electrons. The Hall–Kier alpha value is -1.58. The number of carbonyl (C=O) groups is 1. The molecule has 0 atom stereocenters. The first-order valence-electron chi connectivity index (χ1n) is 10.1. The summed E-state index contributed by atoms with van der Waals surface area (Å²) in [6.45, 7) is 2.13. The Labute approximate surface area is 185 Å². The van der Waals surface area contributed by atoms with E-state index in [1.54, 1.807) is 19.0 Å². The number of piperidine rings is 1. The van der Waals surface area contributed by atoms with Gasteiger partial charge in [-0.1, -0.05) is 18.9 Å². The average Bonchev–Trinajstić information content (AvgIpc) is 3.20. The molecule has 3 rings (SSSR count). The van der Waals surface area contributed by atoms with Gasteiger partial charge >= 0.3 is 0 Å². The fraction of sp³-hybridized carbons (Fsp3) is 0.650. The van der Waals surface area contributed by atoms with E-state index in [0.717, 1.165) is 37.7 Å². The van der Waals surface area contributed by atoms with Gasteiger partial charge < -0.3 is 20.4 Å². The van der Waals surface area contributed by atoms with Crippen molar-refractivity contribution < 1.29 is 4.79 Å². The summed E-state index contributed by atoms with van der Waals surface area (Å²) < 4.78 is 0. The molecular weight excluding hydrogens is 467 g/mol. The number of guanidine groups is 1. The van der Waals surface area contributed by atoms with Crippen LogP contribution in [-0.4, -0.2) is 67.6 Å². The van der Waals surface area contributed by atoms with E-state index in [-0.39, 0.29) is 36.4 Å². The number of hydrogen-bond donors (Lipinski definition) is 2. The van der Waals surface area contributed by atoms with Crippen molar-refractivity contribution in [1.82, 2.24) is 20.5 Å². The van der Waals surface area contributed by atoms with E-state index in [1.807, 2.05) is 18.3 Å². The predicted octanol–water partition coefficient (Wildman–Crippen LogP) is 2.23. The van der Waals surface area contributed by atoms with Crippen molar-refractivity contribution in [2.24, 2.45) is 4.99 Å². The summed E-state index contributed by atoms with van der Waals surface area (Å²) in [4.78, 5) is 24.8.